The van der Waals surface area contributed by atoms with Crippen molar-refractivity contribution in [3.8, 4) is 5.75 Å². The number of amides is 1. The van der Waals surface area contributed by atoms with Crippen molar-refractivity contribution >= 4 is 37.5 Å². The van der Waals surface area contributed by atoms with Crippen molar-refractivity contribution in [2.45, 2.75) is 18.0 Å². The van der Waals surface area contributed by atoms with Crippen LogP contribution in [0.4, 0.5) is 0 Å². The molecule has 0 bridgehead atoms. The van der Waals surface area contributed by atoms with Gasteiger partial charge in [0, 0.05) is 27.7 Å². The number of thiophene rings is 1. The van der Waals surface area contributed by atoms with Crippen LogP contribution in [0.3, 0.4) is 0 Å². The standard InChI is InChI=1S/C25H26N4O6S2/c1-27(2)37(33,34)19-11-7-17(8-12-19)15-29-23(31)20-13-21(36-24(20)28(3)25(29)32)22(30)26-14-16-5-9-18(35-4)10-6-16/h5-13H,14-15H2,1-4H3,(H,26,30). The number of benzene rings is 2. The van der Waals surface area contributed by atoms with E-state index in [4.69, 9.17) is 4.74 Å². The molecule has 0 fully saturated rings. The van der Waals surface area contributed by atoms with Crippen molar-refractivity contribution in [2.24, 2.45) is 7.05 Å². The van der Waals surface area contributed by atoms with E-state index in [2.05, 4.69) is 5.32 Å². The van der Waals surface area contributed by atoms with E-state index >= 15 is 0 Å². The molecule has 10 nitrogen and oxygen atoms in total. The summed E-state index contributed by atoms with van der Waals surface area (Å²) in [5.41, 5.74) is 0.418. The largest absolute Gasteiger partial charge is 0.497 e. The van der Waals surface area contributed by atoms with E-state index in [0.717, 1.165) is 25.8 Å². The van der Waals surface area contributed by atoms with Crippen molar-refractivity contribution in [1.29, 1.82) is 0 Å². The van der Waals surface area contributed by atoms with Crippen LogP contribution in [-0.4, -0.2) is 49.0 Å². The zero-order valence-corrected chi connectivity index (χ0v) is 22.4. The number of carbonyl (C=O) groups excluding carboxylic acids is 1. The zero-order valence-electron chi connectivity index (χ0n) is 20.7. The van der Waals surface area contributed by atoms with Gasteiger partial charge in [0.05, 0.1) is 28.8 Å². The number of nitrogens with one attached hydrogen (secondary N) is 1. The molecule has 0 atom stereocenters. The first-order valence-electron chi connectivity index (χ1n) is 11.2. The van der Waals surface area contributed by atoms with Crippen LogP contribution in [0, 0.1) is 0 Å². The first-order chi connectivity index (χ1) is 17.5. The first-order valence-corrected chi connectivity index (χ1v) is 13.4. The summed E-state index contributed by atoms with van der Waals surface area (Å²) in [5.74, 6) is 0.361. The Morgan fingerprint density at radius 1 is 1.03 bits per heavy atom. The van der Waals surface area contributed by atoms with Crippen LogP contribution in [0.2, 0.25) is 0 Å². The van der Waals surface area contributed by atoms with Crippen LogP contribution in [0.5, 0.6) is 5.75 Å². The highest BCUT2D eigenvalue weighted by atomic mass is 32.2. The number of carbonyl (C=O) groups is 1. The Morgan fingerprint density at radius 3 is 2.24 bits per heavy atom. The van der Waals surface area contributed by atoms with Gasteiger partial charge in [-0.15, -0.1) is 11.3 Å². The molecule has 12 heteroatoms. The van der Waals surface area contributed by atoms with Crippen LogP contribution in [0.25, 0.3) is 10.2 Å². The summed E-state index contributed by atoms with van der Waals surface area (Å²) in [7, 11) is 2.41. The lowest BCUT2D eigenvalue weighted by Crippen LogP contribution is -2.38. The van der Waals surface area contributed by atoms with E-state index in [-0.39, 0.29) is 22.7 Å². The number of fused-ring (bicyclic) bond motifs is 1. The summed E-state index contributed by atoms with van der Waals surface area (Å²) in [6.07, 6.45) is 0. The lowest BCUT2D eigenvalue weighted by Gasteiger charge is -2.12. The van der Waals surface area contributed by atoms with Gasteiger partial charge in [-0.3, -0.25) is 18.7 Å². The van der Waals surface area contributed by atoms with E-state index < -0.39 is 21.3 Å². The fourth-order valence-corrected chi connectivity index (χ4v) is 5.63. The topological polar surface area (TPSA) is 120 Å². The van der Waals surface area contributed by atoms with Crippen molar-refractivity contribution in [3.05, 3.63) is 91.4 Å². The fourth-order valence-electron chi connectivity index (χ4n) is 3.71. The summed E-state index contributed by atoms with van der Waals surface area (Å²) >= 11 is 1.07. The molecule has 2 aromatic heterocycles. The van der Waals surface area contributed by atoms with Gasteiger partial charge in [-0.05, 0) is 41.5 Å². The molecule has 0 aliphatic rings. The van der Waals surface area contributed by atoms with Crippen molar-refractivity contribution in [3.63, 3.8) is 0 Å². The number of aryl methyl sites for hydroxylation is 1. The molecule has 1 N–H and O–H groups in total. The number of ether oxygens (including phenoxy) is 1. The highest BCUT2D eigenvalue weighted by molar-refractivity contribution is 7.89. The third-order valence-electron chi connectivity index (χ3n) is 5.89. The third kappa shape index (κ3) is 5.22. The van der Waals surface area contributed by atoms with Gasteiger partial charge in [0.2, 0.25) is 10.0 Å². The quantitative estimate of drug-likeness (QED) is 0.364. The van der Waals surface area contributed by atoms with Crippen LogP contribution in [-0.2, 0) is 30.2 Å². The average molecular weight is 543 g/mol. The Kier molecular flexibility index (Phi) is 7.35. The second-order valence-electron chi connectivity index (χ2n) is 8.52. The minimum atomic E-state index is -3.59. The second-order valence-corrected chi connectivity index (χ2v) is 11.7. The Bertz CT molecular complexity index is 1680. The molecule has 0 unspecified atom stereocenters. The monoisotopic (exact) mass is 542 g/mol. The highest BCUT2D eigenvalue weighted by Gasteiger charge is 2.19. The third-order valence-corrected chi connectivity index (χ3v) is 8.93. The molecular formula is C25H26N4O6S2. The molecule has 4 aromatic rings. The van der Waals surface area contributed by atoms with Crippen LogP contribution in [0.1, 0.15) is 20.8 Å². The van der Waals surface area contributed by atoms with Gasteiger partial charge in [0.1, 0.15) is 10.6 Å². The first kappa shape index (κ1) is 26.3. The van der Waals surface area contributed by atoms with E-state index in [0.29, 0.717) is 27.6 Å². The van der Waals surface area contributed by atoms with Crippen LogP contribution in [0.15, 0.2) is 69.1 Å². The molecule has 0 radical (unpaired) electrons. The maximum Gasteiger partial charge on any atom is 0.332 e. The number of aromatic nitrogens is 2. The Balaban J connectivity index is 1.59. The second kappa shape index (κ2) is 10.3. The van der Waals surface area contributed by atoms with Crippen molar-refractivity contribution in [1.82, 2.24) is 18.8 Å². The normalized spacial score (nSPS) is 11.7. The Labute approximate surface area is 217 Å². The summed E-state index contributed by atoms with van der Waals surface area (Å²) in [6.45, 7) is 0.248. The Morgan fingerprint density at radius 2 is 1.65 bits per heavy atom. The highest BCUT2D eigenvalue weighted by Crippen LogP contribution is 2.22. The molecule has 1 amide bonds. The number of rotatable bonds is 8. The van der Waals surface area contributed by atoms with Gasteiger partial charge in [-0.1, -0.05) is 24.3 Å². The van der Waals surface area contributed by atoms with Gasteiger partial charge in [0.15, 0.2) is 0 Å². The molecule has 2 heterocycles. The number of hydrogen-bond donors (Lipinski definition) is 1. The molecule has 2 aromatic carbocycles. The molecule has 0 saturated carbocycles. The van der Waals surface area contributed by atoms with Gasteiger partial charge >= 0.3 is 5.69 Å². The molecular weight excluding hydrogens is 516 g/mol. The van der Waals surface area contributed by atoms with Crippen molar-refractivity contribution < 1.29 is 17.9 Å². The molecule has 0 aliphatic carbocycles. The van der Waals surface area contributed by atoms with E-state index in [9.17, 15) is 22.8 Å². The summed E-state index contributed by atoms with van der Waals surface area (Å²) in [4.78, 5) is 39.8. The molecule has 0 aliphatic heterocycles. The van der Waals surface area contributed by atoms with Gasteiger partial charge in [0.25, 0.3) is 11.5 Å². The molecule has 0 spiro atoms. The predicted octanol–water partition coefficient (Wildman–Crippen LogP) is 2.00. The summed E-state index contributed by atoms with van der Waals surface area (Å²) < 4.78 is 33.2. The number of hydrogen-bond acceptors (Lipinski definition) is 7. The van der Waals surface area contributed by atoms with Crippen LogP contribution >= 0.6 is 11.3 Å². The maximum absolute atomic E-state index is 13.2. The van der Waals surface area contributed by atoms with Crippen LogP contribution < -0.4 is 21.3 Å². The number of methoxy groups -OCH3 is 1. The van der Waals surface area contributed by atoms with Crippen molar-refractivity contribution in [2.75, 3.05) is 21.2 Å². The van der Waals surface area contributed by atoms with E-state index in [1.165, 1.54) is 36.9 Å². The fraction of sp³-hybridized carbons (Fsp3) is 0.240. The Hall–Kier alpha value is -3.74. The number of nitrogens with zero attached hydrogens (tertiary/aromatic N) is 3. The lowest BCUT2D eigenvalue weighted by molar-refractivity contribution is 0.0955. The van der Waals surface area contributed by atoms with Gasteiger partial charge < -0.3 is 10.1 Å². The predicted molar refractivity (Wildman–Crippen MR) is 142 cm³/mol. The summed E-state index contributed by atoms with van der Waals surface area (Å²) in [6, 6.07) is 14.8. The molecule has 0 saturated heterocycles. The zero-order chi connectivity index (χ0) is 26.9. The van der Waals surface area contributed by atoms with Gasteiger partial charge in [-0.25, -0.2) is 17.5 Å². The molecule has 194 valence electrons. The van der Waals surface area contributed by atoms with E-state index in [1.54, 1.807) is 38.4 Å². The average Bonchev–Trinajstić information content (AvgIpc) is 3.35. The number of sulfonamides is 1. The minimum absolute atomic E-state index is 0.0431. The summed E-state index contributed by atoms with van der Waals surface area (Å²) in [5, 5.41) is 3.09. The molecule has 37 heavy (non-hydrogen) atoms. The van der Waals surface area contributed by atoms with E-state index in [1.807, 2.05) is 12.1 Å². The molecule has 4 rings (SSSR count). The maximum atomic E-state index is 13.2. The smallest absolute Gasteiger partial charge is 0.332 e. The lowest BCUT2D eigenvalue weighted by atomic mass is 10.2. The minimum Gasteiger partial charge on any atom is -0.497 e. The SMILES string of the molecule is COc1ccc(CNC(=O)c2cc3c(=O)n(Cc4ccc(S(=O)(=O)N(C)C)cc4)c(=O)n(C)c3s2)cc1. The van der Waals surface area contributed by atoms with Gasteiger partial charge in [-0.2, -0.15) is 0 Å².